The van der Waals surface area contributed by atoms with Crippen molar-refractivity contribution in [1.29, 1.82) is 0 Å². The number of para-hydroxylation sites is 1. The van der Waals surface area contributed by atoms with E-state index in [1.807, 2.05) is 0 Å². The Morgan fingerprint density at radius 2 is 1.81 bits per heavy atom. The van der Waals surface area contributed by atoms with Crippen LogP contribution in [0, 0.1) is 5.92 Å². The van der Waals surface area contributed by atoms with Crippen LogP contribution in [0.15, 0.2) is 72.9 Å². The zero-order valence-corrected chi connectivity index (χ0v) is 15.5. The van der Waals surface area contributed by atoms with Crippen LogP contribution in [-0.4, -0.2) is 17.5 Å². The number of pyridine rings is 2. The van der Waals surface area contributed by atoms with Crippen molar-refractivity contribution in [3.05, 3.63) is 72.9 Å². The van der Waals surface area contributed by atoms with Gasteiger partial charge in [0.05, 0.1) is 0 Å². The van der Waals surface area contributed by atoms with Gasteiger partial charge in [-0.1, -0.05) is 25.1 Å². The molecule has 0 saturated carbocycles. The van der Waals surface area contributed by atoms with Crippen molar-refractivity contribution in [2.24, 2.45) is 5.92 Å². The van der Waals surface area contributed by atoms with E-state index in [2.05, 4.69) is 93.6 Å². The summed E-state index contributed by atoms with van der Waals surface area (Å²) in [6, 6.07) is 24.4. The van der Waals surface area contributed by atoms with Crippen LogP contribution < -0.4 is 9.30 Å². The number of aromatic nitrogens is 2. The van der Waals surface area contributed by atoms with Crippen molar-refractivity contribution in [2.75, 3.05) is 18.0 Å². The van der Waals surface area contributed by atoms with Gasteiger partial charge in [0.2, 0.25) is 0 Å². The van der Waals surface area contributed by atoms with Gasteiger partial charge in [0, 0.05) is 35.6 Å². The zero-order chi connectivity index (χ0) is 18.0. The molecular weight excluding hydrogens is 330 g/mol. The molecule has 3 nitrogen and oxygen atoms in total. The van der Waals surface area contributed by atoms with Gasteiger partial charge in [-0.25, -0.2) is 0 Å². The van der Waals surface area contributed by atoms with Crippen molar-refractivity contribution in [3.8, 4) is 0 Å². The maximum absolute atomic E-state index is 2.52. The third-order valence-corrected chi connectivity index (χ3v) is 6.08. The highest BCUT2D eigenvalue weighted by Crippen LogP contribution is 2.28. The lowest BCUT2D eigenvalue weighted by Gasteiger charge is -2.18. The third-order valence-electron chi connectivity index (χ3n) is 6.08. The molecule has 0 aliphatic carbocycles. The molecule has 1 aliphatic rings. The van der Waals surface area contributed by atoms with Crippen molar-refractivity contribution >= 4 is 38.7 Å². The lowest BCUT2D eigenvalue weighted by molar-refractivity contribution is -0.479. The van der Waals surface area contributed by atoms with Crippen LogP contribution in [0.1, 0.15) is 13.3 Å². The van der Waals surface area contributed by atoms with Gasteiger partial charge in [0.15, 0.2) is 5.52 Å². The van der Waals surface area contributed by atoms with E-state index in [-0.39, 0.29) is 0 Å². The van der Waals surface area contributed by atoms with Crippen LogP contribution >= 0.6 is 0 Å². The minimum atomic E-state index is 0.793. The molecule has 27 heavy (non-hydrogen) atoms. The Hall–Kier alpha value is -3.07. The number of imidazole rings is 1. The van der Waals surface area contributed by atoms with Gasteiger partial charge in [-0.05, 0) is 54.8 Å². The second-order valence-corrected chi connectivity index (χ2v) is 7.93. The molecule has 0 amide bonds. The summed E-state index contributed by atoms with van der Waals surface area (Å²) < 4.78 is 4.68. The molecule has 6 rings (SSSR count). The molecule has 2 aromatic carbocycles. The summed E-state index contributed by atoms with van der Waals surface area (Å²) in [6.45, 7) is 4.68. The smallest absolute Gasteiger partial charge is 0.292 e. The lowest BCUT2D eigenvalue weighted by atomic mass is 10.1. The molecule has 1 fully saturated rings. The maximum Gasteiger partial charge on any atom is 0.292 e. The van der Waals surface area contributed by atoms with Crippen LogP contribution in [0.3, 0.4) is 0 Å². The van der Waals surface area contributed by atoms with E-state index in [1.54, 1.807) is 0 Å². The van der Waals surface area contributed by atoms with Crippen LogP contribution in [0.25, 0.3) is 33.0 Å². The lowest BCUT2D eigenvalue weighted by Crippen LogP contribution is -2.19. The van der Waals surface area contributed by atoms with E-state index in [0.717, 1.165) is 5.92 Å². The number of fused-ring (bicyclic) bond motifs is 7. The molecule has 0 bridgehead atoms. The Balaban J connectivity index is 1.62. The summed E-state index contributed by atoms with van der Waals surface area (Å²) in [5, 5.41) is 2.56. The highest BCUT2D eigenvalue weighted by Gasteiger charge is 2.21. The molecule has 1 unspecified atom stereocenters. The molecule has 1 saturated heterocycles. The Bertz CT molecular complexity index is 1330. The summed E-state index contributed by atoms with van der Waals surface area (Å²) in [5.74, 6) is 0.793. The molecule has 132 valence electrons. The second-order valence-electron chi connectivity index (χ2n) is 7.93. The molecule has 1 aliphatic heterocycles. The summed E-state index contributed by atoms with van der Waals surface area (Å²) >= 11 is 0. The van der Waals surface area contributed by atoms with E-state index in [9.17, 15) is 0 Å². The van der Waals surface area contributed by atoms with Crippen LogP contribution in [0.2, 0.25) is 0 Å². The Morgan fingerprint density at radius 3 is 2.70 bits per heavy atom. The van der Waals surface area contributed by atoms with Gasteiger partial charge >= 0.3 is 0 Å². The van der Waals surface area contributed by atoms with Crippen molar-refractivity contribution in [3.63, 3.8) is 0 Å². The van der Waals surface area contributed by atoms with E-state index in [4.69, 9.17) is 0 Å². The number of benzene rings is 2. The predicted molar refractivity (Wildman–Crippen MR) is 112 cm³/mol. The fourth-order valence-electron chi connectivity index (χ4n) is 4.66. The fraction of sp³-hybridized carbons (Fsp3) is 0.208. The van der Waals surface area contributed by atoms with Gasteiger partial charge < -0.3 is 4.90 Å². The maximum atomic E-state index is 2.52. The van der Waals surface area contributed by atoms with Crippen molar-refractivity contribution < 1.29 is 4.40 Å². The number of hydrogen-bond donors (Lipinski definition) is 0. The third kappa shape index (κ3) is 2.18. The molecule has 3 aromatic heterocycles. The minimum Gasteiger partial charge on any atom is -0.371 e. The van der Waals surface area contributed by atoms with Gasteiger partial charge in [0.25, 0.3) is 5.65 Å². The largest absolute Gasteiger partial charge is 0.371 e. The number of anilines is 1. The van der Waals surface area contributed by atoms with Crippen molar-refractivity contribution in [1.82, 2.24) is 4.40 Å². The van der Waals surface area contributed by atoms with Gasteiger partial charge in [-0.2, -0.15) is 8.80 Å². The van der Waals surface area contributed by atoms with Crippen LogP contribution in [-0.2, 0) is 0 Å². The fourth-order valence-corrected chi connectivity index (χ4v) is 4.66. The molecule has 0 N–H and O–H groups in total. The van der Waals surface area contributed by atoms with E-state index in [0.29, 0.717) is 0 Å². The summed E-state index contributed by atoms with van der Waals surface area (Å²) in [6.07, 6.45) is 3.54. The number of rotatable bonds is 1. The Labute approximate surface area is 158 Å². The van der Waals surface area contributed by atoms with E-state index >= 15 is 0 Å². The number of hydrogen-bond acceptors (Lipinski definition) is 1. The number of nitrogens with zero attached hydrogens (tertiary/aromatic N) is 3. The average Bonchev–Trinajstić information content (AvgIpc) is 3.31. The first-order valence-corrected chi connectivity index (χ1v) is 9.80. The van der Waals surface area contributed by atoms with Crippen LogP contribution in [0.5, 0.6) is 0 Å². The zero-order valence-electron chi connectivity index (χ0n) is 15.5. The topological polar surface area (TPSA) is 11.8 Å². The molecular formula is C24H22N3+. The summed E-state index contributed by atoms with van der Waals surface area (Å²) in [4.78, 5) is 2.52. The van der Waals surface area contributed by atoms with Gasteiger partial charge in [-0.15, -0.1) is 0 Å². The van der Waals surface area contributed by atoms with E-state index in [1.165, 1.54) is 58.2 Å². The Morgan fingerprint density at radius 1 is 0.926 bits per heavy atom. The minimum absolute atomic E-state index is 0.793. The van der Waals surface area contributed by atoms with Crippen molar-refractivity contribution in [2.45, 2.75) is 13.3 Å². The first-order valence-electron chi connectivity index (χ1n) is 9.80. The standard InChI is InChI=1S/C24H22N3/c1-17-12-13-25(15-17)20-9-10-23-19(14-20)6-8-21-16-26-22-5-3-2-4-18(22)7-11-24(26)27(21)23/h2-11,14,16-17H,12-13,15H2,1H3/q+1. The van der Waals surface area contributed by atoms with Gasteiger partial charge in [0.1, 0.15) is 17.2 Å². The molecule has 1 atom stereocenters. The second kappa shape index (κ2) is 5.46. The average molecular weight is 352 g/mol. The van der Waals surface area contributed by atoms with Crippen LogP contribution in [0.4, 0.5) is 5.69 Å². The van der Waals surface area contributed by atoms with Gasteiger partial charge in [-0.3, -0.25) is 0 Å². The predicted octanol–water partition coefficient (Wildman–Crippen LogP) is 4.83. The highest BCUT2D eigenvalue weighted by molar-refractivity contribution is 5.88. The monoisotopic (exact) mass is 352 g/mol. The molecule has 4 heterocycles. The van der Waals surface area contributed by atoms with E-state index < -0.39 is 0 Å². The first kappa shape index (κ1) is 15.0. The highest BCUT2D eigenvalue weighted by atomic mass is 15.1. The quantitative estimate of drug-likeness (QED) is 0.393. The summed E-state index contributed by atoms with van der Waals surface area (Å²) in [5.41, 5.74) is 6.29. The molecule has 3 heteroatoms. The molecule has 0 spiro atoms. The molecule has 0 radical (unpaired) electrons. The SMILES string of the molecule is CC1CCN(c2ccc3c(ccc4c[n+]5c6ccccc6ccc5n43)c2)C1. The summed E-state index contributed by atoms with van der Waals surface area (Å²) in [7, 11) is 0. The Kier molecular flexibility index (Phi) is 3.04. The normalized spacial score (nSPS) is 17.7. The first-order chi connectivity index (χ1) is 13.3. The molecule has 5 aromatic rings.